The maximum absolute atomic E-state index is 3.72. The summed E-state index contributed by atoms with van der Waals surface area (Å²) in [5.41, 5.74) is 3.19. The number of nitrogens with zero attached hydrogens (tertiary/aromatic N) is 1. The second kappa shape index (κ2) is 6.62. The van der Waals surface area contributed by atoms with Crippen LogP contribution in [0.25, 0.3) is 0 Å². The van der Waals surface area contributed by atoms with Gasteiger partial charge in [-0.2, -0.15) is 11.8 Å². The highest BCUT2D eigenvalue weighted by Gasteiger charge is 2.28. The third-order valence-electron chi connectivity index (χ3n) is 4.54. The van der Waals surface area contributed by atoms with Crippen LogP contribution in [0.15, 0.2) is 24.3 Å². The van der Waals surface area contributed by atoms with Gasteiger partial charge in [-0.1, -0.05) is 26.0 Å². The molecule has 2 aliphatic rings. The van der Waals surface area contributed by atoms with E-state index in [0.717, 1.165) is 6.54 Å². The van der Waals surface area contributed by atoms with Crippen LogP contribution in [0.4, 0.5) is 5.69 Å². The van der Waals surface area contributed by atoms with Crippen LogP contribution in [-0.2, 0) is 6.54 Å². The van der Waals surface area contributed by atoms with E-state index < -0.39 is 0 Å². The van der Waals surface area contributed by atoms with Crippen LogP contribution in [0.1, 0.15) is 38.7 Å². The first kappa shape index (κ1) is 15.2. The molecule has 1 aromatic rings. The van der Waals surface area contributed by atoms with Gasteiger partial charge in [-0.05, 0) is 61.2 Å². The van der Waals surface area contributed by atoms with Crippen molar-refractivity contribution in [2.75, 3.05) is 29.9 Å². The second-order valence-corrected chi connectivity index (χ2v) is 8.44. The minimum absolute atomic E-state index is 0.469. The van der Waals surface area contributed by atoms with Gasteiger partial charge in [-0.15, -0.1) is 0 Å². The van der Waals surface area contributed by atoms with E-state index in [0.29, 0.717) is 11.5 Å². The zero-order chi connectivity index (χ0) is 14.7. The molecular formula is C18H28N2S. The molecule has 0 radical (unpaired) electrons. The molecule has 0 bridgehead atoms. The van der Waals surface area contributed by atoms with Crippen LogP contribution in [0.2, 0.25) is 0 Å². The lowest BCUT2D eigenvalue weighted by Gasteiger charge is -2.35. The van der Waals surface area contributed by atoms with Gasteiger partial charge in [0.2, 0.25) is 0 Å². The Hall–Kier alpha value is -0.670. The number of rotatable bonds is 4. The molecular weight excluding hydrogens is 276 g/mol. The highest BCUT2D eigenvalue weighted by atomic mass is 32.2. The summed E-state index contributed by atoms with van der Waals surface area (Å²) < 4.78 is 0. The lowest BCUT2D eigenvalue weighted by atomic mass is 9.88. The van der Waals surface area contributed by atoms with Gasteiger partial charge in [0, 0.05) is 24.0 Å². The SMILES string of the molecule is CC1(C)CSCC(Nc2ccc(CN3CCCC3)cc2)C1. The number of thioether (sulfide) groups is 1. The van der Waals surface area contributed by atoms with Crippen molar-refractivity contribution in [3.63, 3.8) is 0 Å². The van der Waals surface area contributed by atoms with Gasteiger partial charge < -0.3 is 5.32 Å². The minimum atomic E-state index is 0.469. The first-order valence-electron chi connectivity index (χ1n) is 8.26. The van der Waals surface area contributed by atoms with Crippen molar-refractivity contribution in [2.45, 2.75) is 45.7 Å². The molecule has 2 aliphatic heterocycles. The lowest BCUT2D eigenvalue weighted by Crippen LogP contribution is -2.35. The summed E-state index contributed by atoms with van der Waals surface area (Å²) in [6.45, 7) is 8.43. The fourth-order valence-corrected chi connectivity index (χ4v) is 4.77. The summed E-state index contributed by atoms with van der Waals surface area (Å²) in [7, 11) is 0. The van der Waals surface area contributed by atoms with E-state index in [1.54, 1.807) is 0 Å². The van der Waals surface area contributed by atoms with Crippen molar-refractivity contribution < 1.29 is 0 Å². The van der Waals surface area contributed by atoms with Crippen LogP contribution in [0.3, 0.4) is 0 Å². The van der Waals surface area contributed by atoms with E-state index in [1.807, 2.05) is 0 Å². The number of hydrogen-bond donors (Lipinski definition) is 1. The normalized spacial score (nSPS) is 25.9. The summed E-state index contributed by atoms with van der Waals surface area (Å²) in [5, 5.41) is 3.72. The van der Waals surface area contributed by atoms with E-state index in [2.05, 4.69) is 60.1 Å². The molecule has 0 amide bonds. The Morgan fingerprint density at radius 1 is 1.19 bits per heavy atom. The maximum Gasteiger partial charge on any atom is 0.0357 e. The van der Waals surface area contributed by atoms with Crippen LogP contribution in [-0.4, -0.2) is 35.5 Å². The average molecular weight is 305 g/mol. The topological polar surface area (TPSA) is 15.3 Å². The van der Waals surface area contributed by atoms with E-state index in [4.69, 9.17) is 0 Å². The zero-order valence-electron chi connectivity index (χ0n) is 13.4. The van der Waals surface area contributed by atoms with E-state index >= 15 is 0 Å². The fourth-order valence-electron chi connectivity index (χ4n) is 3.50. The Morgan fingerprint density at radius 3 is 2.57 bits per heavy atom. The van der Waals surface area contributed by atoms with Crippen molar-refractivity contribution in [3.8, 4) is 0 Å². The predicted molar refractivity (Wildman–Crippen MR) is 94.1 cm³/mol. The Bertz CT molecular complexity index is 449. The van der Waals surface area contributed by atoms with Crippen molar-refractivity contribution in [1.82, 2.24) is 4.90 Å². The summed E-state index contributed by atoms with van der Waals surface area (Å²) >= 11 is 2.08. The smallest absolute Gasteiger partial charge is 0.0357 e. The molecule has 0 saturated carbocycles. The summed E-state index contributed by atoms with van der Waals surface area (Å²) in [6, 6.07) is 9.72. The van der Waals surface area contributed by atoms with Crippen molar-refractivity contribution in [2.24, 2.45) is 5.41 Å². The molecule has 0 aliphatic carbocycles. The van der Waals surface area contributed by atoms with Gasteiger partial charge in [-0.25, -0.2) is 0 Å². The van der Waals surface area contributed by atoms with E-state index in [1.165, 1.54) is 55.1 Å². The van der Waals surface area contributed by atoms with E-state index in [9.17, 15) is 0 Å². The number of benzene rings is 1. The quantitative estimate of drug-likeness (QED) is 0.896. The number of anilines is 1. The minimum Gasteiger partial charge on any atom is -0.381 e. The van der Waals surface area contributed by atoms with Gasteiger partial charge in [0.15, 0.2) is 0 Å². The standard InChI is InChI=1S/C18H28N2S/c1-18(2)11-17(13-21-14-18)19-16-7-5-15(6-8-16)12-20-9-3-4-10-20/h5-8,17,19H,3-4,9-14H2,1-2H3. The molecule has 3 rings (SSSR count). The van der Waals surface area contributed by atoms with Gasteiger partial charge >= 0.3 is 0 Å². The highest BCUT2D eigenvalue weighted by Crippen LogP contribution is 2.34. The van der Waals surface area contributed by atoms with Crippen LogP contribution in [0, 0.1) is 5.41 Å². The van der Waals surface area contributed by atoms with Crippen LogP contribution < -0.4 is 5.32 Å². The Labute approximate surface area is 133 Å². The highest BCUT2D eigenvalue weighted by molar-refractivity contribution is 7.99. The number of nitrogens with one attached hydrogen (secondary N) is 1. The monoisotopic (exact) mass is 304 g/mol. The molecule has 2 fully saturated rings. The molecule has 116 valence electrons. The van der Waals surface area contributed by atoms with Crippen LogP contribution in [0.5, 0.6) is 0 Å². The third kappa shape index (κ3) is 4.40. The number of likely N-dealkylation sites (tertiary alicyclic amines) is 1. The van der Waals surface area contributed by atoms with Crippen LogP contribution >= 0.6 is 11.8 Å². The Balaban J connectivity index is 1.54. The van der Waals surface area contributed by atoms with Crippen molar-refractivity contribution in [1.29, 1.82) is 0 Å². The molecule has 3 heteroatoms. The fraction of sp³-hybridized carbons (Fsp3) is 0.667. The van der Waals surface area contributed by atoms with Gasteiger partial charge in [-0.3, -0.25) is 4.90 Å². The molecule has 0 spiro atoms. The summed E-state index contributed by atoms with van der Waals surface area (Å²) in [5.74, 6) is 2.53. The molecule has 0 aromatic heterocycles. The molecule has 1 atom stereocenters. The number of hydrogen-bond acceptors (Lipinski definition) is 3. The zero-order valence-corrected chi connectivity index (χ0v) is 14.2. The third-order valence-corrected chi connectivity index (χ3v) is 6.16. The largest absolute Gasteiger partial charge is 0.381 e. The Morgan fingerprint density at radius 2 is 1.90 bits per heavy atom. The lowest BCUT2D eigenvalue weighted by molar-refractivity contribution is 0.331. The molecule has 1 N–H and O–H groups in total. The molecule has 1 aromatic carbocycles. The van der Waals surface area contributed by atoms with E-state index in [-0.39, 0.29) is 0 Å². The first-order valence-corrected chi connectivity index (χ1v) is 9.42. The molecule has 1 unspecified atom stereocenters. The molecule has 2 saturated heterocycles. The Kier molecular flexibility index (Phi) is 4.80. The maximum atomic E-state index is 3.72. The molecule has 21 heavy (non-hydrogen) atoms. The van der Waals surface area contributed by atoms with Gasteiger partial charge in [0.1, 0.15) is 0 Å². The van der Waals surface area contributed by atoms with Crippen molar-refractivity contribution >= 4 is 17.4 Å². The second-order valence-electron chi connectivity index (χ2n) is 7.40. The average Bonchev–Trinajstić information content (AvgIpc) is 2.93. The molecule has 2 heterocycles. The summed E-state index contributed by atoms with van der Waals surface area (Å²) in [4.78, 5) is 2.56. The van der Waals surface area contributed by atoms with Gasteiger partial charge in [0.05, 0.1) is 0 Å². The van der Waals surface area contributed by atoms with Gasteiger partial charge in [0.25, 0.3) is 0 Å². The van der Waals surface area contributed by atoms with Crippen molar-refractivity contribution in [3.05, 3.63) is 29.8 Å². The molecule has 2 nitrogen and oxygen atoms in total. The predicted octanol–water partition coefficient (Wildman–Crippen LogP) is 4.23. The first-order chi connectivity index (χ1) is 10.1. The summed E-state index contributed by atoms with van der Waals surface area (Å²) in [6.07, 6.45) is 4.01.